The summed E-state index contributed by atoms with van der Waals surface area (Å²) in [5, 5.41) is 1.18. The fourth-order valence-electron chi connectivity index (χ4n) is 3.54. The predicted octanol–water partition coefficient (Wildman–Crippen LogP) is 4.75. The number of imidazole rings is 1. The van der Waals surface area contributed by atoms with Crippen LogP contribution in [0.2, 0.25) is 10.0 Å². The number of rotatable bonds is 6. The van der Waals surface area contributed by atoms with Gasteiger partial charge in [0.1, 0.15) is 0 Å². The molecule has 0 atom stereocenters. The van der Waals surface area contributed by atoms with E-state index >= 15 is 0 Å². The van der Waals surface area contributed by atoms with Crippen LogP contribution >= 0.6 is 23.2 Å². The summed E-state index contributed by atoms with van der Waals surface area (Å²) in [6.45, 7) is 4.87. The second-order valence-corrected chi connectivity index (χ2v) is 8.78. The smallest absolute Gasteiger partial charge is 0.320 e. The lowest BCUT2D eigenvalue weighted by Crippen LogP contribution is -2.40. The average molecular weight is 457 g/mol. The molecule has 0 saturated heterocycles. The van der Waals surface area contributed by atoms with Crippen LogP contribution in [0.5, 0.6) is 0 Å². The zero-order valence-corrected chi connectivity index (χ0v) is 18.8. The molecule has 0 fully saturated rings. The highest BCUT2D eigenvalue weighted by Crippen LogP contribution is 2.18. The molecule has 0 unspecified atom stereocenters. The van der Waals surface area contributed by atoms with Gasteiger partial charge in [0.05, 0.1) is 12.0 Å². The lowest BCUT2D eigenvalue weighted by atomic mass is 10.1. The van der Waals surface area contributed by atoms with Gasteiger partial charge < -0.3 is 4.57 Å². The molecule has 160 valence electrons. The van der Waals surface area contributed by atoms with Crippen molar-refractivity contribution in [2.24, 2.45) is 5.92 Å². The van der Waals surface area contributed by atoms with Gasteiger partial charge in [-0.15, -0.1) is 0 Å². The molecular weight excluding hydrogens is 435 g/mol. The molecule has 8 heteroatoms. The first-order valence-corrected chi connectivity index (χ1v) is 10.8. The van der Waals surface area contributed by atoms with Crippen LogP contribution in [0.25, 0.3) is 16.9 Å². The summed E-state index contributed by atoms with van der Waals surface area (Å²) in [6.07, 6.45) is 2.30. The highest BCUT2D eigenvalue weighted by atomic mass is 35.5. The maximum atomic E-state index is 13.4. The Bertz CT molecular complexity index is 1350. The van der Waals surface area contributed by atoms with Crippen LogP contribution in [-0.2, 0) is 13.1 Å². The second-order valence-electron chi connectivity index (χ2n) is 7.91. The lowest BCUT2D eigenvalue weighted by Gasteiger charge is -2.14. The summed E-state index contributed by atoms with van der Waals surface area (Å²) >= 11 is 12.2. The molecule has 0 amide bonds. The van der Waals surface area contributed by atoms with Gasteiger partial charge in [-0.05, 0) is 54.3 Å². The topological polar surface area (TPSA) is 61.8 Å². The van der Waals surface area contributed by atoms with E-state index in [1.54, 1.807) is 41.2 Å². The third-order valence-electron chi connectivity index (χ3n) is 5.16. The first-order valence-electron chi connectivity index (χ1n) is 10.1. The molecule has 0 spiro atoms. The summed E-state index contributed by atoms with van der Waals surface area (Å²) in [5.74, 6) is 0.349. The van der Waals surface area contributed by atoms with Crippen molar-refractivity contribution >= 4 is 34.4 Å². The normalized spacial score (nSPS) is 11.5. The van der Waals surface area contributed by atoms with E-state index in [1.807, 2.05) is 18.2 Å². The van der Waals surface area contributed by atoms with Gasteiger partial charge in [0, 0.05) is 23.1 Å². The number of hydrogen-bond donors (Lipinski definition) is 0. The molecule has 0 aliphatic heterocycles. The fourth-order valence-corrected chi connectivity index (χ4v) is 3.88. The minimum Gasteiger partial charge on any atom is -0.320 e. The molecule has 0 radical (unpaired) electrons. The Hall–Kier alpha value is -2.83. The van der Waals surface area contributed by atoms with Crippen molar-refractivity contribution in [2.75, 3.05) is 0 Å². The number of halogens is 2. The Kier molecular flexibility index (Phi) is 6.03. The van der Waals surface area contributed by atoms with Gasteiger partial charge in [0.2, 0.25) is 0 Å². The van der Waals surface area contributed by atoms with Crippen LogP contribution in [0.3, 0.4) is 0 Å². The van der Waals surface area contributed by atoms with Crippen molar-refractivity contribution in [1.82, 2.24) is 18.7 Å². The van der Waals surface area contributed by atoms with Crippen molar-refractivity contribution in [1.29, 1.82) is 0 Å². The molecule has 2 aromatic carbocycles. The number of aromatic nitrogens is 4. The van der Waals surface area contributed by atoms with Crippen LogP contribution in [0.15, 0.2) is 64.4 Å². The molecule has 4 aromatic rings. The third-order valence-corrected chi connectivity index (χ3v) is 5.64. The first-order chi connectivity index (χ1) is 14.8. The molecule has 2 aromatic heterocycles. The first kappa shape index (κ1) is 21.4. The average Bonchev–Trinajstić information content (AvgIpc) is 3.12. The van der Waals surface area contributed by atoms with E-state index in [0.717, 1.165) is 5.56 Å². The van der Waals surface area contributed by atoms with Crippen molar-refractivity contribution in [2.45, 2.75) is 33.4 Å². The standard InChI is InChI=1S/C23H22Cl2N4O2/c1-15(2)10-11-28-22(30)20-21(29(23(28)31)19-8-6-17(24)7-9-19)26-14-27(20)13-16-4-3-5-18(25)12-16/h3-9,12,14-15H,10-11,13H2,1-2H3. The second kappa shape index (κ2) is 8.73. The van der Waals surface area contributed by atoms with Gasteiger partial charge in [0.25, 0.3) is 5.56 Å². The van der Waals surface area contributed by atoms with Crippen molar-refractivity contribution in [3.8, 4) is 5.69 Å². The maximum absolute atomic E-state index is 13.4. The van der Waals surface area contributed by atoms with Gasteiger partial charge in [0.15, 0.2) is 11.2 Å². The summed E-state index contributed by atoms with van der Waals surface area (Å²) < 4.78 is 4.54. The molecule has 4 rings (SSSR count). The molecule has 6 nitrogen and oxygen atoms in total. The summed E-state index contributed by atoms with van der Waals surface area (Å²) in [7, 11) is 0. The summed E-state index contributed by atoms with van der Waals surface area (Å²) in [4.78, 5) is 31.2. The van der Waals surface area contributed by atoms with E-state index in [2.05, 4.69) is 18.8 Å². The van der Waals surface area contributed by atoms with Crippen molar-refractivity contribution in [3.63, 3.8) is 0 Å². The molecular formula is C23H22Cl2N4O2. The minimum atomic E-state index is -0.409. The molecule has 0 N–H and O–H groups in total. The quantitative estimate of drug-likeness (QED) is 0.420. The van der Waals surface area contributed by atoms with E-state index < -0.39 is 5.69 Å². The van der Waals surface area contributed by atoms with Crippen LogP contribution in [0.4, 0.5) is 0 Å². The van der Waals surface area contributed by atoms with Gasteiger partial charge >= 0.3 is 5.69 Å². The van der Waals surface area contributed by atoms with E-state index in [9.17, 15) is 9.59 Å². The third kappa shape index (κ3) is 4.31. The number of hydrogen-bond acceptors (Lipinski definition) is 3. The Labute approximate surface area is 189 Å². The molecule has 2 heterocycles. The number of nitrogens with zero attached hydrogens (tertiary/aromatic N) is 4. The van der Waals surface area contributed by atoms with Crippen molar-refractivity contribution < 1.29 is 0 Å². The van der Waals surface area contributed by atoms with Crippen molar-refractivity contribution in [3.05, 3.63) is 91.3 Å². The van der Waals surface area contributed by atoms with Gasteiger partial charge in [-0.3, -0.25) is 9.36 Å². The molecule has 0 saturated carbocycles. The Morgan fingerprint density at radius 1 is 1.00 bits per heavy atom. The van der Waals surface area contributed by atoms with Crippen LogP contribution in [0, 0.1) is 5.92 Å². The van der Waals surface area contributed by atoms with Crippen LogP contribution < -0.4 is 11.2 Å². The van der Waals surface area contributed by atoms with E-state index in [1.165, 1.54) is 9.13 Å². The molecule has 0 bridgehead atoms. The largest absolute Gasteiger partial charge is 0.337 e. The van der Waals surface area contributed by atoms with E-state index in [4.69, 9.17) is 23.2 Å². The number of fused-ring (bicyclic) bond motifs is 1. The summed E-state index contributed by atoms with van der Waals surface area (Å²) in [5.41, 5.74) is 1.48. The highest BCUT2D eigenvalue weighted by molar-refractivity contribution is 6.30. The monoisotopic (exact) mass is 456 g/mol. The van der Waals surface area contributed by atoms with Crippen LogP contribution in [0.1, 0.15) is 25.8 Å². The highest BCUT2D eigenvalue weighted by Gasteiger charge is 2.19. The Balaban J connectivity index is 1.95. The molecule has 31 heavy (non-hydrogen) atoms. The fraction of sp³-hybridized carbons (Fsp3) is 0.261. The Morgan fingerprint density at radius 3 is 2.42 bits per heavy atom. The van der Waals surface area contributed by atoms with E-state index in [-0.39, 0.29) is 5.56 Å². The molecule has 0 aliphatic rings. The predicted molar refractivity (Wildman–Crippen MR) is 125 cm³/mol. The zero-order chi connectivity index (χ0) is 22.1. The van der Waals surface area contributed by atoms with E-state index in [0.29, 0.717) is 52.3 Å². The lowest BCUT2D eigenvalue weighted by molar-refractivity contribution is 0.491. The summed E-state index contributed by atoms with van der Waals surface area (Å²) in [6, 6.07) is 14.4. The van der Waals surface area contributed by atoms with Gasteiger partial charge in [-0.2, -0.15) is 0 Å². The minimum absolute atomic E-state index is 0.320. The van der Waals surface area contributed by atoms with Crippen LogP contribution in [-0.4, -0.2) is 18.7 Å². The SMILES string of the molecule is CC(C)CCn1c(=O)c2c(ncn2Cc2cccc(Cl)c2)n(-c2ccc(Cl)cc2)c1=O. The van der Waals surface area contributed by atoms with Gasteiger partial charge in [-0.25, -0.2) is 14.3 Å². The number of benzene rings is 2. The molecule has 0 aliphatic carbocycles. The zero-order valence-electron chi connectivity index (χ0n) is 17.3. The van der Waals surface area contributed by atoms with Gasteiger partial charge in [-0.1, -0.05) is 49.2 Å². The Morgan fingerprint density at radius 2 is 1.74 bits per heavy atom. The maximum Gasteiger partial charge on any atom is 0.337 e.